The van der Waals surface area contributed by atoms with Gasteiger partial charge >= 0.3 is 0 Å². The van der Waals surface area contributed by atoms with Crippen LogP contribution < -0.4 is 5.32 Å². The Morgan fingerprint density at radius 1 is 1.25 bits per heavy atom. The average Bonchev–Trinajstić information content (AvgIpc) is 3.20. The quantitative estimate of drug-likeness (QED) is 0.609. The van der Waals surface area contributed by atoms with E-state index in [2.05, 4.69) is 21.2 Å². The number of ether oxygens (including phenoxy) is 1. The van der Waals surface area contributed by atoms with Crippen LogP contribution in [0, 0.1) is 13.8 Å². The van der Waals surface area contributed by atoms with E-state index in [1.165, 1.54) is 0 Å². The highest BCUT2D eigenvalue weighted by Gasteiger charge is 2.22. The molecule has 1 atom stereocenters. The number of pyridine rings is 1. The van der Waals surface area contributed by atoms with Gasteiger partial charge in [0.15, 0.2) is 0 Å². The number of nitrogens with zero attached hydrogens (tertiary/aromatic N) is 1. The normalized spacial score (nSPS) is 16.5. The van der Waals surface area contributed by atoms with E-state index in [0.29, 0.717) is 12.1 Å². The highest BCUT2D eigenvalue weighted by molar-refractivity contribution is 9.10. The van der Waals surface area contributed by atoms with E-state index in [-0.39, 0.29) is 12.0 Å². The molecule has 1 amide bonds. The number of nitrogens with one attached hydrogen (secondary N) is 1. The van der Waals surface area contributed by atoms with Gasteiger partial charge in [-0.1, -0.05) is 46.3 Å². The molecule has 0 aliphatic carbocycles. The minimum atomic E-state index is -0.0740. The topological polar surface area (TPSA) is 51.2 Å². The van der Waals surface area contributed by atoms with Crippen LogP contribution in [0.4, 0.5) is 0 Å². The number of rotatable bonds is 4. The lowest BCUT2D eigenvalue weighted by atomic mass is 9.96. The predicted octanol–water partition coefficient (Wildman–Crippen LogP) is 5.19. The molecule has 4 rings (SSSR count). The summed E-state index contributed by atoms with van der Waals surface area (Å²) in [4.78, 5) is 18.2. The molecule has 1 aliphatic rings. The largest absolute Gasteiger partial charge is 0.376 e. The molecule has 1 saturated heterocycles. The fourth-order valence-corrected chi connectivity index (χ4v) is 4.43. The van der Waals surface area contributed by atoms with Gasteiger partial charge in [-0.05, 0) is 49.9 Å². The number of fused-ring (bicyclic) bond motifs is 1. The van der Waals surface area contributed by atoms with Gasteiger partial charge in [0.05, 0.1) is 22.9 Å². The molecule has 5 heteroatoms. The van der Waals surface area contributed by atoms with Crippen molar-refractivity contribution < 1.29 is 9.53 Å². The van der Waals surface area contributed by atoms with Crippen LogP contribution >= 0.6 is 15.9 Å². The number of hydrogen-bond acceptors (Lipinski definition) is 3. The molecule has 4 nitrogen and oxygen atoms in total. The van der Waals surface area contributed by atoms with E-state index in [9.17, 15) is 4.79 Å². The fraction of sp³-hybridized carbons (Fsp3) is 0.304. The van der Waals surface area contributed by atoms with Gasteiger partial charge in [-0.25, -0.2) is 4.98 Å². The molecule has 144 valence electrons. The zero-order valence-corrected chi connectivity index (χ0v) is 17.7. The second-order valence-corrected chi connectivity index (χ2v) is 8.21. The van der Waals surface area contributed by atoms with E-state index in [1.54, 1.807) is 0 Å². The number of amides is 1. The Labute approximate surface area is 173 Å². The first-order chi connectivity index (χ1) is 13.5. The SMILES string of the molecule is Cc1c(-c2ccccc2)nc2c(C)cc(Br)cc2c1C(=O)NC[C@@H]1CCCO1. The number of carbonyl (C=O) groups is 1. The van der Waals surface area contributed by atoms with Crippen molar-refractivity contribution in [2.45, 2.75) is 32.8 Å². The van der Waals surface area contributed by atoms with E-state index in [4.69, 9.17) is 9.72 Å². The lowest BCUT2D eigenvalue weighted by Crippen LogP contribution is -2.32. The molecule has 28 heavy (non-hydrogen) atoms. The standard InChI is InChI=1S/C23H23BrN2O2/c1-14-11-17(24)12-19-20(23(27)25-13-18-9-6-10-28-18)15(2)22(26-21(14)19)16-7-4-3-5-8-16/h3-5,7-8,11-12,18H,6,9-10,13H2,1-2H3,(H,25,27)/t18-/m0/s1. The van der Waals surface area contributed by atoms with Crippen molar-refractivity contribution in [2.24, 2.45) is 0 Å². The maximum absolute atomic E-state index is 13.2. The summed E-state index contributed by atoms with van der Waals surface area (Å²) in [5, 5.41) is 3.95. The van der Waals surface area contributed by atoms with Gasteiger partial charge in [-0.2, -0.15) is 0 Å². The van der Waals surface area contributed by atoms with E-state index < -0.39 is 0 Å². The Balaban J connectivity index is 1.84. The summed E-state index contributed by atoms with van der Waals surface area (Å²) in [5.41, 5.74) is 5.33. The monoisotopic (exact) mass is 438 g/mol. The van der Waals surface area contributed by atoms with Crippen molar-refractivity contribution in [1.82, 2.24) is 10.3 Å². The third-order valence-corrected chi connectivity index (χ3v) is 5.73. The first kappa shape index (κ1) is 19.1. The van der Waals surface area contributed by atoms with E-state index >= 15 is 0 Å². The Morgan fingerprint density at radius 2 is 2.04 bits per heavy atom. The lowest BCUT2D eigenvalue weighted by Gasteiger charge is -2.17. The molecule has 1 aromatic heterocycles. The van der Waals surface area contributed by atoms with Gasteiger partial charge < -0.3 is 10.1 Å². The van der Waals surface area contributed by atoms with Crippen LogP contribution in [0.15, 0.2) is 46.9 Å². The van der Waals surface area contributed by atoms with Crippen LogP contribution in [0.2, 0.25) is 0 Å². The summed E-state index contributed by atoms with van der Waals surface area (Å²) in [6.07, 6.45) is 2.16. The molecular formula is C23H23BrN2O2. The van der Waals surface area contributed by atoms with Gasteiger partial charge in [0.1, 0.15) is 0 Å². The number of carbonyl (C=O) groups excluding carboxylic acids is 1. The lowest BCUT2D eigenvalue weighted by molar-refractivity contribution is 0.0858. The van der Waals surface area contributed by atoms with Gasteiger partial charge in [0.2, 0.25) is 0 Å². The predicted molar refractivity (Wildman–Crippen MR) is 116 cm³/mol. The third kappa shape index (κ3) is 3.69. The second-order valence-electron chi connectivity index (χ2n) is 7.29. The maximum atomic E-state index is 13.2. The molecule has 1 fully saturated rings. The van der Waals surface area contributed by atoms with Crippen LogP contribution in [0.5, 0.6) is 0 Å². The number of aromatic nitrogens is 1. The molecule has 0 saturated carbocycles. The first-order valence-electron chi connectivity index (χ1n) is 9.60. The summed E-state index contributed by atoms with van der Waals surface area (Å²) < 4.78 is 6.60. The van der Waals surface area contributed by atoms with E-state index in [1.807, 2.05) is 56.3 Å². The van der Waals surface area contributed by atoms with Gasteiger partial charge in [-0.15, -0.1) is 0 Å². The second kappa shape index (κ2) is 8.02. The summed E-state index contributed by atoms with van der Waals surface area (Å²) in [5.74, 6) is -0.0740. The first-order valence-corrected chi connectivity index (χ1v) is 10.4. The number of aryl methyl sites for hydroxylation is 1. The molecule has 0 radical (unpaired) electrons. The van der Waals surface area contributed by atoms with Crippen molar-refractivity contribution in [2.75, 3.05) is 13.2 Å². The van der Waals surface area contributed by atoms with Crippen LogP contribution in [-0.4, -0.2) is 30.1 Å². The Kier molecular flexibility index (Phi) is 5.47. The van der Waals surface area contributed by atoms with Crippen molar-refractivity contribution in [3.8, 4) is 11.3 Å². The Morgan fingerprint density at radius 3 is 2.75 bits per heavy atom. The minimum Gasteiger partial charge on any atom is -0.376 e. The zero-order chi connectivity index (χ0) is 19.7. The molecule has 1 aliphatic heterocycles. The number of benzene rings is 2. The molecule has 0 spiro atoms. The van der Waals surface area contributed by atoms with Gasteiger partial charge in [0, 0.05) is 28.6 Å². The Hall–Kier alpha value is -2.24. The van der Waals surface area contributed by atoms with Gasteiger partial charge in [0.25, 0.3) is 5.91 Å². The van der Waals surface area contributed by atoms with Crippen molar-refractivity contribution >= 4 is 32.7 Å². The highest BCUT2D eigenvalue weighted by atomic mass is 79.9. The average molecular weight is 439 g/mol. The third-order valence-electron chi connectivity index (χ3n) is 5.28. The zero-order valence-electron chi connectivity index (χ0n) is 16.1. The highest BCUT2D eigenvalue weighted by Crippen LogP contribution is 2.33. The van der Waals surface area contributed by atoms with Gasteiger partial charge in [-0.3, -0.25) is 4.79 Å². The smallest absolute Gasteiger partial charge is 0.252 e. The molecule has 3 aromatic rings. The molecular weight excluding hydrogens is 416 g/mol. The molecule has 2 aromatic carbocycles. The molecule has 2 heterocycles. The fourth-order valence-electron chi connectivity index (χ4n) is 3.86. The van der Waals surface area contributed by atoms with E-state index in [0.717, 1.165) is 57.2 Å². The van der Waals surface area contributed by atoms with Crippen LogP contribution in [-0.2, 0) is 4.74 Å². The van der Waals surface area contributed by atoms with Crippen LogP contribution in [0.25, 0.3) is 22.2 Å². The van der Waals surface area contributed by atoms with Crippen LogP contribution in [0.3, 0.4) is 0 Å². The van der Waals surface area contributed by atoms with Crippen molar-refractivity contribution in [1.29, 1.82) is 0 Å². The number of halogens is 1. The molecule has 0 bridgehead atoms. The van der Waals surface area contributed by atoms with Crippen molar-refractivity contribution in [3.05, 3.63) is 63.6 Å². The summed E-state index contributed by atoms with van der Waals surface area (Å²) in [6, 6.07) is 14.0. The molecule has 1 N–H and O–H groups in total. The summed E-state index contributed by atoms with van der Waals surface area (Å²) >= 11 is 3.57. The number of hydrogen-bond donors (Lipinski definition) is 1. The summed E-state index contributed by atoms with van der Waals surface area (Å²) in [6.45, 7) is 5.32. The van der Waals surface area contributed by atoms with Crippen LogP contribution in [0.1, 0.15) is 34.3 Å². The summed E-state index contributed by atoms with van der Waals surface area (Å²) in [7, 11) is 0. The minimum absolute atomic E-state index is 0.0740. The Bertz CT molecular complexity index is 1030. The molecule has 0 unspecified atom stereocenters. The maximum Gasteiger partial charge on any atom is 0.252 e. The van der Waals surface area contributed by atoms with Crippen molar-refractivity contribution in [3.63, 3.8) is 0 Å².